The summed E-state index contributed by atoms with van der Waals surface area (Å²) in [6.45, 7) is 0. The molecule has 3 radical (unpaired) electrons. The molecule has 12 heavy (non-hydrogen) atoms. The SMILES string of the molecule is [Si]c1ccccc1C1=CC=CC1. The number of benzene rings is 1. The normalized spacial score (nSPS) is 14.9. The molecule has 1 aromatic rings. The Labute approximate surface area is 76.0 Å². The molecule has 0 aromatic heterocycles. The standard InChI is InChI=1S/C11H9Si/c12-11-8-4-3-7-10(11)9-5-1-2-6-9/h1-5,7-8H,6H2. The van der Waals surface area contributed by atoms with Gasteiger partial charge in [-0.1, -0.05) is 47.7 Å². The third-order valence-corrected chi connectivity index (χ3v) is 2.48. The fourth-order valence-electron chi connectivity index (χ4n) is 1.41. The van der Waals surface area contributed by atoms with Crippen molar-refractivity contribution in [1.29, 1.82) is 0 Å². The van der Waals surface area contributed by atoms with Crippen LogP contribution < -0.4 is 5.19 Å². The van der Waals surface area contributed by atoms with Crippen molar-refractivity contribution in [1.82, 2.24) is 0 Å². The maximum atomic E-state index is 3.59. The smallest absolute Gasteiger partial charge is 0.0720 e. The fourth-order valence-corrected chi connectivity index (χ4v) is 1.75. The number of rotatable bonds is 1. The highest BCUT2D eigenvalue weighted by molar-refractivity contribution is 6.34. The Bertz CT molecular complexity index is 348. The minimum Gasteiger partial charge on any atom is -0.0801 e. The van der Waals surface area contributed by atoms with E-state index < -0.39 is 0 Å². The first-order valence-corrected chi connectivity index (χ1v) is 4.54. The minimum absolute atomic E-state index is 1.06. The van der Waals surface area contributed by atoms with Crippen LogP contribution in [-0.2, 0) is 0 Å². The van der Waals surface area contributed by atoms with Gasteiger partial charge in [-0.3, -0.25) is 0 Å². The molecule has 1 aliphatic carbocycles. The lowest BCUT2D eigenvalue weighted by Crippen LogP contribution is -2.07. The van der Waals surface area contributed by atoms with Gasteiger partial charge in [0.2, 0.25) is 0 Å². The van der Waals surface area contributed by atoms with Crippen molar-refractivity contribution in [2.24, 2.45) is 0 Å². The van der Waals surface area contributed by atoms with Crippen molar-refractivity contribution in [3.05, 3.63) is 48.1 Å². The van der Waals surface area contributed by atoms with Gasteiger partial charge in [-0.15, -0.1) is 0 Å². The second-order valence-electron chi connectivity index (χ2n) is 2.87. The maximum absolute atomic E-state index is 3.59. The van der Waals surface area contributed by atoms with Crippen molar-refractivity contribution in [3.8, 4) is 0 Å². The second-order valence-corrected chi connectivity index (χ2v) is 3.41. The number of hydrogen-bond acceptors (Lipinski definition) is 0. The Morgan fingerprint density at radius 2 is 2.00 bits per heavy atom. The zero-order chi connectivity index (χ0) is 8.39. The van der Waals surface area contributed by atoms with E-state index in [1.807, 2.05) is 6.07 Å². The van der Waals surface area contributed by atoms with Crippen LogP contribution in [0.4, 0.5) is 0 Å². The second kappa shape index (κ2) is 3.11. The van der Waals surface area contributed by atoms with E-state index in [0.29, 0.717) is 0 Å². The van der Waals surface area contributed by atoms with E-state index in [4.69, 9.17) is 0 Å². The topological polar surface area (TPSA) is 0 Å². The maximum Gasteiger partial charge on any atom is 0.0720 e. The largest absolute Gasteiger partial charge is 0.0801 e. The quantitative estimate of drug-likeness (QED) is 0.563. The van der Waals surface area contributed by atoms with E-state index in [1.54, 1.807) is 0 Å². The van der Waals surface area contributed by atoms with Crippen LogP contribution in [0.15, 0.2) is 42.5 Å². The molecule has 0 nitrogen and oxygen atoms in total. The van der Waals surface area contributed by atoms with Gasteiger partial charge in [-0.05, 0) is 17.6 Å². The molecule has 1 aromatic carbocycles. The van der Waals surface area contributed by atoms with Crippen molar-refractivity contribution < 1.29 is 0 Å². The molecule has 0 amide bonds. The highest BCUT2D eigenvalue weighted by Crippen LogP contribution is 2.20. The fraction of sp³-hybridized carbons (Fsp3) is 0.0909. The van der Waals surface area contributed by atoms with Crippen LogP contribution >= 0.6 is 0 Å². The predicted molar refractivity (Wildman–Crippen MR) is 53.6 cm³/mol. The van der Waals surface area contributed by atoms with E-state index in [2.05, 4.69) is 46.7 Å². The molecule has 0 bridgehead atoms. The monoisotopic (exact) mass is 169 g/mol. The summed E-state index contributed by atoms with van der Waals surface area (Å²) in [5, 5.41) is 1.17. The van der Waals surface area contributed by atoms with Gasteiger partial charge in [0.15, 0.2) is 0 Å². The van der Waals surface area contributed by atoms with E-state index in [1.165, 1.54) is 16.3 Å². The molecular formula is C11H9Si. The van der Waals surface area contributed by atoms with Gasteiger partial charge in [0.05, 0.1) is 10.2 Å². The summed E-state index contributed by atoms with van der Waals surface area (Å²) >= 11 is 0. The molecule has 57 valence electrons. The average molecular weight is 169 g/mol. The average Bonchev–Trinajstić information content (AvgIpc) is 2.57. The highest BCUT2D eigenvalue weighted by Gasteiger charge is 2.04. The van der Waals surface area contributed by atoms with E-state index in [9.17, 15) is 0 Å². The summed E-state index contributed by atoms with van der Waals surface area (Å²) in [6, 6.07) is 8.32. The number of hydrogen-bond donors (Lipinski definition) is 0. The van der Waals surface area contributed by atoms with E-state index in [0.717, 1.165) is 6.42 Å². The Morgan fingerprint density at radius 3 is 2.67 bits per heavy atom. The summed E-state index contributed by atoms with van der Waals surface area (Å²) in [5.74, 6) is 0. The summed E-state index contributed by atoms with van der Waals surface area (Å²) in [6.07, 6.45) is 7.50. The van der Waals surface area contributed by atoms with Crippen LogP contribution in [-0.4, -0.2) is 10.2 Å². The molecule has 0 fully saturated rings. The third kappa shape index (κ3) is 1.28. The molecule has 0 unspecified atom stereocenters. The van der Waals surface area contributed by atoms with Crippen LogP contribution in [0, 0.1) is 0 Å². The summed E-state index contributed by atoms with van der Waals surface area (Å²) < 4.78 is 0. The Morgan fingerprint density at radius 1 is 1.17 bits per heavy atom. The molecule has 1 heteroatoms. The zero-order valence-corrected chi connectivity index (χ0v) is 7.75. The molecular weight excluding hydrogens is 160 g/mol. The lowest BCUT2D eigenvalue weighted by Gasteiger charge is -2.05. The molecule has 0 atom stereocenters. The molecule has 2 rings (SSSR count). The lowest BCUT2D eigenvalue weighted by atomic mass is 10.1. The first-order valence-electron chi connectivity index (χ1n) is 4.04. The van der Waals surface area contributed by atoms with Gasteiger partial charge in [-0.2, -0.15) is 0 Å². The van der Waals surface area contributed by atoms with E-state index in [-0.39, 0.29) is 0 Å². The van der Waals surface area contributed by atoms with Crippen molar-refractivity contribution in [2.45, 2.75) is 6.42 Å². The van der Waals surface area contributed by atoms with Crippen LogP contribution in [0.1, 0.15) is 12.0 Å². The van der Waals surface area contributed by atoms with Gasteiger partial charge in [-0.25, -0.2) is 0 Å². The molecule has 0 saturated carbocycles. The number of allylic oxidation sites excluding steroid dienone is 4. The first kappa shape index (κ1) is 7.56. The van der Waals surface area contributed by atoms with Crippen LogP contribution in [0.2, 0.25) is 0 Å². The summed E-state index contributed by atoms with van der Waals surface area (Å²) in [5.41, 5.74) is 2.69. The molecule has 0 N–H and O–H groups in total. The molecule has 1 aliphatic rings. The van der Waals surface area contributed by atoms with E-state index >= 15 is 0 Å². The van der Waals surface area contributed by atoms with Crippen molar-refractivity contribution in [3.63, 3.8) is 0 Å². The van der Waals surface area contributed by atoms with Crippen LogP contribution in [0.5, 0.6) is 0 Å². The zero-order valence-electron chi connectivity index (χ0n) is 6.75. The molecule has 0 saturated heterocycles. The summed E-state index contributed by atoms with van der Waals surface area (Å²) in [7, 11) is 3.59. The Hall–Kier alpha value is -1.08. The molecule has 0 aliphatic heterocycles. The molecule has 0 spiro atoms. The molecule has 0 heterocycles. The lowest BCUT2D eigenvalue weighted by molar-refractivity contribution is 1.44. The van der Waals surface area contributed by atoms with Crippen LogP contribution in [0.3, 0.4) is 0 Å². The van der Waals surface area contributed by atoms with Gasteiger partial charge in [0.25, 0.3) is 0 Å². The first-order chi connectivity index (χ1) is 5.88. The van der Waals surface area contributed by atoms with Gasteiger partial charge < -0.3 is 0 Å². The van der Waals surface area contributed by atoms with Crippen molar-refractivity contribution >= 4 is 21.0 Å². The Kier molecular flexibility index (Phi) is 1.96. The van der Waals surface area contributed by atoms with Gasteiger partial charge in [0, 0.05) is 0 Å². The van der Waals surface area contributed by atoms with Crippen LogP contribution in [0.25, 0.3) is 5.57 Å². The van der Waals surface area contributed by atoms with Gasteiger partial charge >= 0.3 is 0 Å². The minimum atomic E-state index is 1.06. The highest BCUT2D eigenvalue weighted by atomic mass is 28.1. The third-order valence-electron chi connectivity index (χ3n) is 2.04. The van der Waals surface area contributed by atoms with Gasteiger partial charge in [0.1, 0.15) is 0 Å². The summed E-state index contributed by atoms with van der Waals surface area (Å²) in [4.78, 5) is 0. The predicted octanol–water partition coefficient (Wildman–Crippen LogP) is 1.82. The van der Waals surface area contributed by atoms with Crippen molar-refractivity contribution in [2.75, 3.05) is 0 Å². The Balaban J connectivity index is 2.40.